The molecule has 0 spiro atoms. The van der Waals surface area contributed by atoms with Crippen LogP contribution in [0.2, 0.25) is 0 Å². The molecule has 4 nitrogen and oxygen atoms in total. The highest BCUT2D eigenvalue weighted by atomic mass is 16.5. The molecule has 0 aliphatic heterocycles. The molecule has 0 amide bonds. The topological polar surface area (TPSA) is 55.8 Å². The van der Waals surface area contributed by atoms with Crippen LogP contribution in [0, 0.1) is 0 Å². The first-order valence-electron chi connectivity index (χ1n) is 6.31. The molecular formula is C15H20O4. The van der Waals surface area contributed by atoms with Crippen molar-refractivity contribution in [2.24, 2.45) is 0 Å². The van der Waals surface area contributed by atoms with Crippen LogP contribution in [0.3, 0.4) is 0 Å². The maximum absolute atomic E-state index is 10.4. The Kier molecular flexibility index (Phi) is 6.85. The third-order valence-electron chi connectivity index (χ3n) is 2.49. The summed E-state index contributed by atoms with van der Waals surface area (Å²) < 4.78 is 10.9. The lowest BCUT2D eigenvalue weighted by molar-refractivity contribution is -0.131. The maximum Gasteiger partial charge on any atom is 0.328 e. The van der Waals surface area contributed by atoms with Gasteiger partial charge in [0.15, 0.2) is 0 Å². The van der Waals surface area contributed by atoms with Crippen LogP contribution < -0.4 is 0 Å². The molecule has 1 atom stereocenters. The average molecular weight is 264 g/mol. The van der Waals surface area contributed by atoms with Crippen molar-refractivity contribution in [3.05, 3.63) is 41.5 Å². The van der Waals surface area contributed by atoms with E-state index >= 15 is 0 Å². The van der Waals surface area contributed by atoms with Crippen LogP contribution in [0.4, 0.5) is 0 Å². The second-order valence-corrected chi connectivity index (χ2v) is 4.19. The van der Waals surface area contributed by atoms with Gasteiger partial charge < -0.3 is 14.6 Å². The summed E-state index contributed by atoms with van der Waals surface area (Å²) in [4.78, 5) is 10.4. The normalized spacial score (nSPS) is 12.7. The highest BCUT2D eigenvalue weighted by molar-refractivity contribution is 5.85. The zero-order valence-corrected chi connectivity index (χ0v) is 11.3. The molecule has 1 N–H and O–H groups in total. The molecule has 0 heterocycles. The summed E-state index contributed by atoms with van der Waals surface area (Å²) in [6.07, 6.45) is 2.74. The van der Waals surface area contributed by atoms with Gasteiger partial charge in [0.2, 0.25) is 0 Å². The van der Waals surface area contributed by atoms with Crippen molar-refractivity contribution in [1.29, 1.82) is 0 Å². The third kappa shape index (κ3) is 6.74. The Hall–Kier alpha value is -1.65. The minimum Gasteiger partial charge on any atom is -0.478 e. The molecule has 104 valence electrons. The third-order valence-corrected chi connectivity index (χ3v) is 2.49. The number of aliphatic carboxylic acids is 1. The minimum absolute atomic E-state index is 0.0616. The van der Waals surface area contributed by atoms with Crippen molar-refractivity contribution < 1.29 is 19.4 Å². The molecular weight excluding hydrogens is 244 g/mol. The van der Waals surface area contributed by atoms with Crippen molar-refractivity contribution in [3.63, 3.8) is 0 Å². The van der Waals surface area contributed by atoms with Crippen molar-refractivity contribution >= 4 is 12.0 Å². The Morgan fingerprint density at radius 2 is 2.05 bits per heavy atom. The Morgan fingerprint density at radius 3 is 2.63 bits per heavy atom. The Morgan fingerprint density at radius 1 is 1.37 bits per heavy atom. The molecule has 0 saturated carbocycles. The number of rotatable bonds is 8. The van der Waals surface area contributed by atoms with Crippen molar-refractivity contribution in [1.82, 2.24) is 0 Å². The molecule has 4 heteroatoms. The van der Waals surface area contributed by atoms with Crippen molar-refractivity contribution in [2.75, 3.05) is 13.2 Å². The van der Waals surface area contributed by atoms with Crippen LogP contribution >= 0.6 is 0 Å². The Balaban J connectivity index is 2.42. The lowest BCUT2D eigenvalue weighted by Gasteiger charge is -2.12. The molecule has 0 saturated heterocycles. The number of ether oxygens (including phenoxy) is 2. The molecule has 1 aromatic rings. The number of hydrogen-bond acceptors (Lipinski definition) is 3. The summed E-state index contributed by atoms with van der Waals surface area (Å²) in [7, 11) is 0. The highest BCUT2D eigenvalue weighted by Crippen LogP contribution is 2.08. The van der Waals surface area contributed by atoms with Gasteiger partial charge in [-0.25, -0.2) is 4.79 Å². The van der Waals surface area contributed by atoms with Gasteiger partial charge in [0.25, 0.3) is 0 Å². The Bertz CT molecular complexity index is 409. The minimum atomic E-state index is -0.947. The summed E-state index contributed by atoms with van der Waals surface area (Å²) in [6.45, 7) is 5.74. The van der Waals surface area contributed by atoms with E-state index in [-0.39, 0.29) is 6.10 Å². The molecule has 19 heavy (non-hydrogen) atoms. The SMILES string of the molecule is CCOCC(C)OCc1ccc(/C=C/C(=O)O)cc1. The van der Waals surface area contributed by atoms with Gasteiger partial charge in [-0.15, -0.1) is 0 Å². The first-order valence-corrected chi connectivity index (χ1v) is 6.31. The molecule has 0 aliphatic carbocycles. The first-order chi connectivity index (χ1) is 9.11. The molecule has 1 rings (SSSR count). The van der Waals surface area contributed by atoms with Crippen LogP contribution in [-0.2, 0) is 20.9 Å². The average Bonchev–Trinajstić information content (AvgIpc) is 2.41. The predicted octanol–water partition coefficient (Wildman–Crippen LogP) is 2.73. The summed E-state index contributed by atoms with van der Waals surface area (Å²) in [5.74, 6) is -0.947. The molecule has 0 radical (unpaired) electrons. The van der Waals surface area contributed by atoms with E-state index in [1.54, 1.807) is 6.08 Å². The maximum atomic E-state index is 10.4. The standard InChI is InChI=1S/C15H20O4/c1-3-18-10-12(2)19-11-14-6-4-13(5-7-14)8-9-15(16)17/h4-9,12H,3,10-11H2,1-2H3,(H,16,17)/b9-8+. The van der Waals surface area contributed by atoms with Gasteiger partial charge in [0.1, 0.15) is 0 Å². The summed E-state index contributed by atoms with van der Waals surface area (Å²) in [5.41, 5.74) is 1.91. The van der Waals surface area contributed by atoms with Gasteiger partial charge in [0, 0.05) is 12.7 Å². The van der Waals surface area contributed by atoms with E-state index in [2.05, 4.69) is 0 Å². The van der Waals surface area contributed by atoms with E-state index in [4.69, 9.17) is 14.6 Å². The fraction of sp³-hybridized carbons (Fsp3) is 0.400. The summed E-state index contributed by atoms with van der Waals surface area (Å²) >= 11 is 0. The van der Waals surface area contributed by atoms with E-state index in [0.717, 1.165) is 17.2 Å². The second-order valence-electron chi connectivity index (χ2n) is 4.19. The summed E-state index contributed by atoms with van der Waals surface area (Å²) in [5, 5.41) is 8.53. The van der Waals surface area contributed by atoms with Crippen LogP contribution in [0.15, 0.2) is 30.3 Å². The number of carbonyl (C=O) groups is 1. The van der Waals surface area contributed by atoms with Gasteiger partial charge in [-0.05, 0) is 31.1 Å². The van der Waals surface area contributed by atoms with Crippen molar-refractivity contribution in [3.8, 4) is 0 Å². The summed E-state index contributed by atoms with van der Waals surface area (Å²) in [6, 6.07) is 7.58. The van der Waals surface area contributed by atoms with Gasteiger partial charge in [-0.2, -0.15) is 0 Å². The van der Waals surface area contributed by atoms with E-state index in [9.17, 15) is 4.79 Å². The molecule has 1 aromatic carbocycles. The quantitative estimate of drug-likeness (QED) is 0.733. The molecule has 0 aliphatic rings. The van der Waals surface area contributed by atoms with Crippen LogP contribution in [0.25, 0.3) is 6.08 Å². The number of benzene rings is 1. The molecule has 1 unspecified atom stereocenters. The monoisotopic (exact) mass is 264 g/mol. The zero-order valence-electron chi connectivity index (χ0n) is 11.3. The first kappa shape index (κ1) is 15.4. The van der Waals surface area contributed by atoms with Crippen LogP contribution in [0.5, 0.6) is 0 Å². The molecule has 0 fully saturated rings. The molecule has 0 bridgehead atoms. The fourth-order valence-electron chi connectivity index (χ4n) is 1.46. The lowest BCUT2D eigenvalue weighted by Crippen LogP contribution is -2.15. The van der Waals surface area contributed by atoms with Crippen molar-refractivity contribution in [2.45, 2.75) is 26.6 Å². The van der Waals surface area contributed by atoms with Gasteiger partial charge in [-0.1, -0.05) is 24.3 Å². The zero-order chi connectivity index (χ0) is 14.1. The van der Waals surface area contributed by atoms with Crippen LogP contribution in [-0.4, -0.2) is 30.4 Å². The molecule has 0 aromatic heterocycles. The fourth-order valence-corrected chi connectivity index (χ4v) is 1.46. The lowest BCUT2D eigenvalue weighted by atomic mass is 10.1. The smallest absolute Gasteiger partial charge is 0.328 e. The van der Waals surface area contributed by atoms with Crippen LogP contribution in [0.1, 0.15) is 25.0 Å². The van der Waals surface area contributed by atoms with E-state index in [1.165, 1.54) is 0 Å². The largest absolute Gasteiger partial charge is 0.478 e. The second kappa shape index (κ2) is 8.45. The predicted molar refractivity (Wildman–Crippen MR) is 73.9 cm³/mol. The number of hydrogen-bond donors (Lipinski definition) is 1. The van der Waals surface area contributed by atoms with E-state index < -0.39 is 5.97 Å². The Labute approximate surface area is 113 Å². The van der Waals surface area contributed by atoms with Gasteiger partial charge >= 0.3 is 5.97 Å². The van der Waals surface area contributed by atoms with Gasteiger partial charge in [0.05, 0.1) is 19.3 Å². The number of carboxylic acid groups (broad SMARTS) is 1. The van der Waals surface area contributed by atoms with E-state index in [1.807, 2.05) is 38.1 Å². The van der Waals surface area contributed by atoms with E-state index in [0.29, 0.717) is 19.8 Å². The number of carboxylic acids is 1. The highest BCUT2D eigenvalue weighted by Gasteiger charge is 2.02. The van der Waals surface area contributed by atoms with Gasteiger partial charge in [-0.3, -0.25) is 0 Å².